The van der Waals surface area contributed by atoms with Crippen LogP contribution < -0.4 is 5.32 Å². The molecule has 0 aliphatic heterocycles. The topological polar surface area (TPSA) is 32.3 Å². The van der Waals surface area contributed by atoms with Gasteiger partial charge in [0.2, 0.25) is 0 Å². The fourth-order valence-corrected chi connectivity index (χ4v) is 2.52. The molecule has 1 unspecified atom stereocenters. The molecule has 0 heterocycles. The number of hydrogen-bond donors (Lipinski definition) is 2. The first-order valence-corrected chi connectivity index (χ1v) is 6.16. The molecule has 2 N–H and O–H groups in total. The summed E-state index contributed by atoms with van der Waals surface area (Å²) in [6, 6.07) is 6.87. The van der Waals surface area contributed by atoms with E-state index in [0.29, 0.717) is 12.6 Å². The Balaban J connectivity index is 2.08. The van der Waals surface area contributed by atoms with Gasteiger partial charge < -0.3 is 10.4 Å². The second-order valence-corrected chi connectivity index (χ2v) is 5.11. The molecule has 1 aliphatic carbocycles. The quantitative estimate of drug-likeness (QED) is 0.884. The van der Waals surface area contributed by atoms with Gasteiger partial charge in [-0.25, -0.2) is 0 Å². The SMILES string of the molecule is C[C@@H](O)CNC1CCc2cc(Br)ccc21. The van der Waals surface area contributed by atoms with Crippen molar-refractivity contribution in [1.82, 2.24) is 5.32 Å². The summed E-state index contributed by atoms with van der Waals surface area (Å²) in [4.78, 5) is 0. The predicted octanol–water partition coefficient (Wildman–Crippen LogP) is 2.41. The summed E-state index contributed by atoms with van der Waals surface area (Å²) in [5, 5.41) is 12.6. The minimum absolute atomic E-state index is 0.274. The average Bonchev–Trinajstić information content (AvgIpc) is 2.57. The lowest BCUT2D eigenvalue weighted by Gasteiger charge is -2.15. The summed E-state index contributed by atoms with van der Waals surface area (Å²) in [5.74, 6) is 0. The number of aryl methyl sites for hydroxylation is 1. The van der Waals surface area contributed by atoms with E-state index in [2.05, 4.69) is 39.4 Å². The van der Waals surface area contributed by atoms with Crippen LogP contribution in [0, 0.1) is 0 Å². The second kappa shape index (κ2) is 4.64. The van der Waals surface area contributed by atoms with Crippen molar-refractivity contribution in [2.45, 2.75) is 31.9 Å². The van der Waals surface area contributed by atoms with Crippen molar-refractivity contribution in [3.8, 4) is 0 Å². The Hall–Kier alpha value is -0.380. The molecule has 0 amide bonds. The van der Waals surface area contributed by atoms with Crippen molar-refractivity contribution in [1.29, 1.82) is 0 Å². The van der Waals surface area contributed by atoms with Crippen LogP contribution in [0.15, 0.2) is 22.7 Å². The van der Waals surface area contributed by atoms with Gasteiger partial charge >= 0.3 is 0 Å². The molecule has 2 nitrogen and oxygen atoms in total. The molecule has 3 heteroatoms. The molecule has 0 aromatic heterocycles. The largest absolute Gasteiger partial charge is 0.392 e. The van der Waals surface area contributed by atoms with Crippen molar-refractivity contribution in [3.05, 3.63) is 33.8 Å². The van der Waals surface area contributed by atoms with E-state index >= 15 is 0 Å². The fourth-order valence-electron chi connectivity index (χ4n) is 2.11. The Labute approximate surface area is 98.8 Å². The van der Waals surface area contributed by atoms with Gasteiger partial charge in [-0.1, -0.05) is 22.0 Å². The average molecular weight is 270 g/mol. The van der Waals surface area contributed by atoms with Gasteiger partial charge in [0.05, 0.1) is 6.10 Å². The monoisotopic (exact) mass is 269 g/mol. The van der Waals surface area contributed by atoms with Crippen LogP contribution >= 0.6 is 15.9 Å². The normalized spacial score (nSPS) is 21.4. The zero-order chi connectivity index (χ0) is 10.8. The lowest BCUT2D eigenvalue weighted by molar-refractivity contribution is 0.186. The lowest BCUT2D eigenvalue weighted by Crippen LogP contribution is -2.27. The van der Waals surface area contributed by atoms with E-state index in [1.54, 1.807) is 0 Å². The minimum atomic E-state index is -0.274. The van der Waals surface area contributed by atoms with Gasteiger partial charge in [0.15, 0.2) is 0 Å². The van der Waals surface area contributed by atoms with Crippen LogP contribution in [0.25, 0.3) is 0 Å². The number of rotatable bonds is 3. The third-order valence-corrected chi connectivity index (χ3v) is 3.34. The molecule has 0 saturated carbocycles. The Morgan fingerprint density at radius 2 is 2.40 bits per heavy atom. The van der Waals surface area contributed by atoms with Crippen LogP contribution in [0.5, 0.6) is 0 Å². The molecule has 1 aromatic carbocycles. The van der Waals surface area contributed by atoms with Gasteiger partial charge in [0.25, 0.3) is 0 Å². The third-order valence-electron chi connectivity index (χ3n) is 2.84. The number of nitrogens with one attached hydrogen (secondary N) is 1. The van der Waals surface area contributed by atoms with Gasteiger partial charge in [0.1, 0.15) is 0 Å². The van der Waals surface area contributed by atoms with Gasteiger partial charge in [-0.3, -0.25) is 0 Å². The number of aliphatic hydroxyl groups is 1. The maximum absolute atomic E-state index is 9.23. The first-order chi connectivity index (χ1) is 7.16. The molecule has 1 aliphatic rings. The molecular formula is C12H16BrNO. The number of benzene rings is 1. The van der Waals surface area contributed by atoms with E-state index in [4.69, 9.17) is 0 Å². The standard InChI is InChI=1S/C12H16BrNO/c1-8(15)7-14-12-5-2-9-6-10(13)3-4-11(9)12/h3-4,6,8,12,14-15H,2,5,7H2,1H3/t8-,12?/m1/s1. The fraction of sp³-hybridized carbons (Fsp3) is 0.500. The third kappa shape index (κ3) is 2.60. The van der Waals surface area contributed by atoms with Crippen molar-refractivity contribution < 1.29 is 5.11 Å². The smallest absolute Gasteiger partial charge is 0.0636 e. The number of hydrogen-bond acceptors (Lipinski definition) is 2. The first-order valence-electron chi connectivity index (χ1n) is 5.36. The first kappa shape index (κ1) is 11.1. The maximum Gasteiger partial charge on any atom is 0.0636 e. The van der Waals surface area contributed by atoms with E-state index in [-0.39, 0.29) is 6.10 Å². The van der Waals surface area contributed by atoms with Crippen molar-refractivity contribution in [3.63, 3.8) is 0 Å². The van der Waals surface area contributed by atoms with Crippen molar-refractivity contribution in [2.24, 2.45) is 0 Å². The van der Waals surface area contributed by atoms with Crippen molar-refractivity contribution in [2.75, 3.05) is 6.54 Å². The summed E-state index contributed by atoms with van der Waals surface area (Å²) in [5.41, 5.74) is 2.81. The highest BCUT2D eigenvalue weighted by Gasteiger charge is 2.21. The molecule has 15 heavy (non-hydrogen) atoms. The molecule has 2 atom stereocenters. The lowest BCUT2D eigenvalue weighted by atomic mass is 10.1. The van der Waals surface area contributed by atoms with Crippen LogP contribution in [0.4, 0.5) is 0 Å². The highest BCUT2D eigenvalue weighted by molar-refractivity contribution is 9.10. The van der Waals surface area contributed by atoms with E-state index in [1.807, 2.05) is 6.92 Å². The Kier molecular flexibility index (Phi) is 3.44. The Bertz CT molecular complexity index is 351. The molecule has 2 rings (SSSR count). The molecule has 0 radical (unpaired) electrons. The Morgan fingerprint density at radius 3 is 3.13 bits per heavy atom. The van der Waals surface area contributed by atoms with Crippen LogP contribution in [0.3, 0.4) is 0 Å². The number of fused-ring (bicyclic) bond motifs is 1. The van der Waals surface area contributed by atoms with Gasteiger partial charge in [0, 0.05) is 17.1 Å². The highest BCUT2D eigenvalue weighted by atomic mass is 79.9. The van der Waals surface area contributed by atoms with Gasteiger partial charge in [-0.2, -0.15) is 0 Å². The number of halogens is 1. The summed E-state index contributed by atoms with van der Waals surface area (Å²) in [6.45, 7) is 2.48. The predicted molar refractivity (Wildman–Crippen MR) is 64.9 cm³/mol. The maximum atomic E-state index is 9.23. The van der Waals surface area contributed by atoms with Crippen LogP contribution in [0.1, 0.15) is 30.5 Å². The van der Waals surface area contributed by atoms with Crippen molar-refractivity contribution >= 4 is 15.9 Å². The molecular weight excluding hydrogens is 254 g/mol. The summed E-state index contributed by atoms with van der Waals surface area (Å²) in [7, 11) is 0. The zero-order valence-corrected chi connectivity index (χ0v) is 10.4. The van der Waals surface area contributed by atoms with Crippen LogP contribution in [-0.2, 0) is 6.42 Å². The summed E-state index contributed by atoms with van der Waals surface area (Å²) in [6.07, 6.45) is 1.99. The van der Waals surface area contributed by atoms with E-state index in [9.17, 15) is 5.11 Å². The molecule has 82 valence electrons. The second-order valence-electron chi connectivity index (χ2n) is 4.19. The van der Waals surface area contributed by atoms with Crippen LogP contribution in [-0.4, -0.2) is 17.8 Å². The summed E-state index contributed by atoms with van der Waals surface area (Å²) < 4.78 is 1.15. The van der Waals surface area contributed by atoms with E-state index in [1.165, 1.54) is 11.1 Å². The van der Waals surface area contributed by atoms with Gasteiger partial charge in [-0.05, 0) is 43.0 Å². The Morgan fingerprint density at radius 1 is 1.60 bits per heavy atom. The number of aliphatic hydroxyl groups excluding tert-OH is 1. The minimum Gasteiger partial charge on any atom is -0.392 e. The molecule has 0 saturated heterocycles. The van der Waals surface area contributed by atoms with E-state index in [0.717, 1.165) is 17.3 Å². The molecule has 0 fully saturated rings. The molecule has 0 bridgehead atoms. The summed E-state index contributed by atoms with van der Waals surface area (Å²) >= 11 is 3.49. The van der Waals surface area contributed by atoms with Gasteiger partial charge in [-0.15, -0.1) is 0 Å². The van der Waals surface area contributed by atoms with E-state index < -0.39 is 0 Å². The molecule has 0 spiro atoms. The molecule has 1 aromatic rings. The zero-order valence-electron chi connectivity index (χ0n) is 8.83. The highest BCUT2D eigenvalue weighted by Crippen LogP contribution is 2.32. The van der Waals surface area contributed by atoms with Crippen LogP contribution in [0.2, 0.25) is 0 Å².